The zero-order chi connectivity index (χ0) is 22.8. The van der Waals surface area contributed by atoms with Crippen LogP contribution in [0.5, 0.6) is 11.5 Å². The predicted octanol–water partition coefficient (Wildman–Crippen LogP) is 5.16. The van der Waals surface area contributed by atoms with Gasteiger partial charge in [-0.25, -0.2) is 9.50 Å². The minimum absolute atomic E-state index is 0.273. The monoisotopic (exact) mass is 438 g/mol. The van der Waals surface area contributed by atoms with Crippen LogP contribution in [0.4, 0.5) is 17.1 Å². The highest BCUT2D eigenvalue weighted by Gasteiger charge is 2.17. The lowest BCUT2D eigenvalue weighted by atomic mass is 10.2. The molecule has 0 atom stereocenters. The molecular weight excluding hydrogens is 416 g/mol. The van der Waals surface area contributed by atoms with E-state index in [1.165, 1.54) is 0 Å². The Kier molecular flexibility index (Phi) is 5.24. The van der Waals surface area contributed by atoms with Gasteiger partial charge >= 0.3 is 0 Å². The largest absolute Gasteiger partial charge is 0.457 e. The quantitative estimate of drug-likeness (QED) is 0.382. The molecule has 0 aliphatic carbocycles. The van der Waals surface area contributed by atoms with Crippen molar-refractivity contribution in [1.29, 1.82) is 0 Å². The summed E-state index contributed by atoms with van der Waals surface area (Å²) in [7, 11) is 1.78. The number of rotatable bonds is 6. The van der Waals surface area contributed by atoms with Gasteiger partial charge in [-0.15, -0.1) is 0 Å². The van der Waals surface area contributed by atoms with E-state index in [2.05, 4.69) is 20.7 Å². The summed E-state index contributed by atoms with van der Waals surface area (Å²) in [6, 6.07) is 19.3. The number of amides is 1. The molecule has 5 aromatic rings. The summed E-state index contributed by atoms with van der Waals surface area (Å²) in [4.78, 5) is 16.7. The van der Waals surface area contributed by atoms with Crippen LogP contribution < -0.4 is 15.4 Å². The van der Waals surface area contributed by atoms with Crippen molar-refractivity contribution < 1.29 is 9.53 Å². The van der Waals surface area contributed by atoms with Crippen LogP contribution in [0.1, 0.15) is 16.2 Å². The predicted molar refractivity (Wildman–Crippen MR) is 127 cm³/mol. The van der Waals surface area contributed by atoms with Crippen LogP contribution >= 0.6 is 0 Å². The molecule has 0 radical (unpaired) electrons. The number of fused-ring (bicyclic) bond motifs is 1. The third-order valence-electron chi connectivity index (χ3n) is 5.31. The number of hydrogen-bond acceptors (Lipinski definition) is 5. The van der Waals surface area contributed by atoms with E-state index in [1.54, 1.807) is 40.9 Å². The van der Waals surface area contributed by atoms with Crippen molar-refractivity contribution in [2.24, 2.45) is 7.05 Å². The lowest BCUT2D eigenvalue weighted by Crippen LogP contribution is -2.16. The molecule has 0 unspecified atom stereocenters. The molecule has 2 N–H and O–H groups in total. The van der Waals surface area contributed by atoms with E-state index in [-0.39, 0.29) is 5.91 Å². The van der Waals surface area contributed by atoms with E-state index in [0.29, 0.717) is 11.5 Å². The maximum atomic E-state index is 12.6. The Morgan fingerprint density at radius 1 is 0.939 bits per heavy atom. The lowest BCUT2D eigenvalue weighted by molar-refractivity contribution is 0.101. The highest BCUT2D eigenvalue weighted by Crippen LogP contribution is 2.31. The first-order valence-corrected chi connectivity index (χ1v) is 10.4. The minimum atomic E-state index is -0.273. The molecule has 1 amide bonds. The molecule has 33 heavy (non-hydrogen) atoms. The molecule has 2 aromatic carbocycles. The fourth-order valence-corrected chi connectivity index (χ4v) is 3.63. The normalized spacial score (nSPS) is 10.8. The number of carbonyl (C=O) groups is 1. The molecule has 0 saturated heterocycles. The van der Waals surface area contributed by atoms with Gasteiger partial charge in [-0.3, -0.25) is 4.79 Å². The summed E-state index contributed by atoms with van der Waals surface area (Å²) in [5.41, 5.74) is 4.23. The van der Waals surface area contributed by atoms with E-state index in [9.17, 15) is 4.79 Å². The van der Waals surface area contributed by atoms with Crippen LogP contribution in [0.25, 0.3) is 5.52 Å². The number of aryl methyl sites for hydroxylation is 2. The molecular formula is C25H22N6O2. The summed E-state index contributed by atoms with van der Waals surface area (Å²) >= 11 is 0. The first kappa shape index (κ1) is 20.3. The maximum absolute atomic E-state index is 12.6. The van der Waals surface area contributed by atoms with Crippen LogP contribution in [-0.4, -0.2) is 25.1 Å². The minimum Gasteiger partial charge on any atom is -0.457 e. The van der Waals surface area contributed by atoms with E-state index >= 15 is 0 Å². The number of benzene rings is 2. The summed E-state index contributed by atoms with van der Waals surface area (Å²) < 4.78 is 9.29. The van der Waals surface area contributed by atoms with Gasteiger partial charge in [0, 0.05) is 36.9 Å². The summed E-state index contributed by atoms with van der Waals surface area (Å²) in [6.45, 7) is 1.95. The fraction of sp³-hybridized carbons (Fsp3) is 0.0800. The molecule has 3 aromatic heterocycles. The molecule has 8 nitrogen and oxygen atoms in total. The van der Waals surface area contributed by atoms with E-state index < -0.39 is 0 Å². The van der Waals surface area contributed by atoms with Crippen molar-refractivity contribution in [3.05, 3.63) is 96.8 Å². The van der Waals surface area contributed by atoms with E-state index in [1.807, 2.05) is 67.6 Å². The van der Waals surface area contributed by atoms with Gasteiger partial charge in [0.15, 0.2) is 5.82 Å². The second-order valence-corrected chi connectivity index (χ2v) is 7.59. The lowest BCUT2D eigenvalue weighted by Gasteiger charge is -2.10. The van der Waals surface area contributed by atoms with Gasteiger partial charge < -0.3 is 19.9 Å². The van der Waals surface area contributed by atoms with Crippen molar-refractivity contribution in [3.63, 3.8) is 0 Å². The molecule has 0 spiro atoms. The molecule has 0 saturated carbocycles. The average molecular weight is 438 g/mol. The number of carbonyl (C=O) groups excluding carboxylic acids is 1. The second-order valence-electron chi connectivity index (χ2n) is 7.59. The Hall–Kier alpha value is -4.59. The van der Waals surface area contributed by atoms with E-state index in [0.717, 1.165) is 34.0 Å². The number of para-hydroxylation sites is 1. The van der Waals surface area contributed by atoms with Gasteiger partial charge in [0.05, 0.1) is 23.1 Å². The fourth-order valence-electron chi connectivity index (χ4n) is 3.63. The second kappa shape index (κ2) is 8.51. The molecule has 0 aliphatic rings. The average Bonchev–Trinajstić information content (AvgIpc) is 3.39. The standard InChI is InChI=1S/C25H22N6O2/c1-17-22(29-25(32)24-26-14-15-30(24)2)16-31-23(17)21(12-13-27-31)28-18-8-10-20(11-9-18)33-19-6-4-3-5-7-19/h3-16,28H,1-2H3,(H,29,32). The van der Waals surface area contributed by atoms with E-state index in [4.69, 9.17) is 4.74 Å². The maximum Gasteiger partial charge on any atom is 0.291 e. The van der Waals surface area contributed by atoms with Crippen molar-refractivity contribution in [2.45, 2.75) is 6.92 Å². The molecule has 8 heteroatoms. The van der Waals surface area contributed by atoms with Crippen molar-refractivity contribution in [2.75, 3.05) is 10.6 Å². The summed E-state index contributed by atoms with van der Waals surface area (Å²) in [6.07, 6.45) is 6.84. The Morgan fingerprint density at radius 2 is 1.70 bits per heavy atom. The third kappa shape index (κ3) is 4.14. The molecule has 3 heterocycles. The van der Waals surface area contributed by atoms with Crippen molar-refractivity contribution in [3.8, 4) is 11.5 Å². The molecule has 0 bridgehead atoms. The Labute approximate surface area is 190 Å². The Morgan fingerprint density at radius 3 is 2.42 bits per heavy atom. The Bertz CT molecular complexity index is 1420. The van der Waals surface area contributed by atoms with Gasteiger partial charge in [-0.05, 0) is 49.4 Å². The number of anilines is 3. The van der Waals surface area contributed by atoms with Gasteiger partial charge in [0.1, 0.15) is 11.5 Å². The summed E-state index contributed by atoms with van der Waals surface area (Å²) in [5.74, 6) is 1.61. The molecule has 5 rings (SSSR count). The third-order valence-corrected chi connectivity index (χ3v) is 5.31. The van der Waals surface area contributed by atoms with Crippen LogP contribution in [0, 0.1) is 6.92 Å². The molecule has 0 fully saturated rings. The number of hydrogen-bond donors (Lipinski definition) is 2. The molecule has 164 valence electrons. The topological polar surface area (TPSA) is 85.5 Å². The molecule has 0 aliphatic heterocycles. The highest BCUT2D eigenvalue weighted by molar-refractivity contribution is 6.03. The number of nitrogens with one attached hydrogen (secondary N) is 2. The number of imidazole rings is 1. The number of ether oxygens (including phenoxy) is 1. The zero-order valence-corrected chi connectivity index (χ0v) is 18.2. The smallest absolute Gasteiger partial charge is 0.291 e. The summed E-state index contributed by atoms with van der Waals surface area (Å²) in [5, 5.41) is 10.8. The van der Waals surface area contributed by atoms with Crippen LogP contribution in [0.2, 0.25) is 0 Å². The highest BCUT2D eigenvalue weighted by atomic mass is 16.5. The first-order valence-electron chi connectivity index (χ1n) is 10.4. The number of nitrogens with zero attached hydrogens (tertiary/aromatic N) is 4. The Balaban J connectivity index is 1.37. The van der Waals surface area contributed by atoms with Crippen LogP contribution in [-0.2, 0) is 7.05 Å². The van der Waals surface area contributed by atoms with Gasteiger partial charge in [-0.2, -0.15) is 5.10 Å². The van der Waals surface area contributed by atoms with Crippen molar-refractivity contribution in [1.82, 2.24) is 19.2 Å². The van der Waals surface area contributed by atoms with Gasteiger partial charge in [0.2, 0.25) is 0 Å². The first-order chi connectivity index (χ1) is 16.1. The SMILES string of the molecule is Cc1c(NC(=O)c2nccn2C)cn2nccc(Nc3ccc(Oc4ccccc4)cc3)c12. The van der Waals surface area contributed by atoms with Gasteiger partial charge in [0.25, 0.3) is 5.91 Å². The zero-order valence-electron chi connectivity index (χ0n) is 18.2. The van der Waals surface area contributed by atoms with Gasteiger partial charge in [-0.1, -0.05) is 18.2 Å². The van der Waals surface area contributed by atoms with Crippen LogP contribution in [0.15, 0.2) is 85.5 Å². The van der Waals surface area contributed by atoms with Crippen LogP contribution in [0.3, 0.4) is 0 Å². The van der Waals surface area contributed by atoms with Crippen molar-refractivity contribution >= 4 is 28.5 Å². The number of aromatic nitrogens is 4.